The van der Waals surface area contributed by atoms with E-state index in [2.05, 4.69) is 32.6 Å². The third-order valence-electron chi connectivity index (χ3n) is 5.54. The lowest BCUT2D eigenvalue weighted by molar-refractivity contribution is -0.138. The lowest BCUT2D eigenvalue weighted by atomic mass is 9.91. The molecule has 1 aliphatic heterocycles. The van der Waals surface area contributed by atoms with Crippen LogP contribution >= 0.6 is 0 Å². The summed E-state index contributed by atoms with van der Waals surface area (Å²) in [6.07, 6.45) is 6.82. The largest absolute Gasteiger partial charge is 0.377 e. The van der Waals surface area contributed by atoms with Gasteiger partial charge in [-0.05, 0) is 65.2 Å². The Morgan fingerprint density at radius 2 is 1.43 bits per heavy atom. The Bertz CT molecular complexity index is 354. The average molecular weight is 325 g/mol. The Hall–Kier alpha value is -0.160. The van der Waals surface area contributed by atoms with Gasteiger partial charge in [0.2, 0.25) is 0 Å². The zero-order chi connectivity index (χ0) is 16.4. The van der Waals surface area contributed by atoms with Crippen molar-refractivity contribution in [1.82, 2.24) is 4.90 Å². The highest BCUT2D eigenvalue weighted by molar-refractivity contribution is 4.94. The summed E-state index contributed by atoms with van der Waals surface area (Å²) in [5, 5.41) is 0. The standard InChI is InChI=1S/C19H35NO3/c1-13(2)21-6-5-20-11-15-7-17(8-16(15)12-20)23-19-9-18(10-19)22-14(3)4/h13-19H,5-12H2,1-4H3/t15-,16+,17?,18?,19?. The number of hydrogen-bond donors (Lipinski definition) is 0. The summed E-state index contributed by atoms with van der Waals surface area (Å²) in [6.45, 7) is 12.9. The molecule has 0 radical (unpaired) electrons. The van der Waals surface area contributed by atoms with Gasteiger partial charge in [0.1, 0.15) is 0 Å². The molecule has 2 saturated carbocycles. The van der Waals surface area contributed by atoms with Crippen LogP contribution < -0.4 is 0 Å². The number of hydrogen-bond acceptors (Lipinski definition) is 4. The van der Waals surface area contributed by atoms with E-state index in [1.54, 1.807) is 0 Å². The van der Waals surface area contributed by atoms with Crippen LogP contribution in [0.1, 0.15) is 53.4 Å². The number of nitrogens with zero attached hydrogens (tertiary/aromatic N) is 1. The first kappa shape index (κ1) is 17.7. The minimum Gasteiger partial charge on any atom is -0.377 e. The van der Waals surface area contributed by atoms with Gasteiger partial charge in [0.15, 0.2) is 0 Å². The second-order valence-corrected chi connectivity index (χ2v) is 8.33. The van der Waals surface area contributed by atoms with E-state index in [-0.39, 0.29) is 0 Å². The Labute approximate surface area is 141 Å². The molecule has 1 heterocycles. The predicted octanol–water partition coefficient (Wildman–Crippen LogP) is 3.09. The molecule has 4 heteroatoms. The first-order chi connectivity index (χ1) is 11.0. The monoisotopic (exact) mass is 325 g/mol. The molecule has 3 rings (SSSR count). The molecule has 0 aromatic rings. The molecular formula is C19H35NO3. The molecule has 4 nitrogen and oxygen atoms in total. The fourth-order valence-corrected chi connectivity index (χ4v) is 4.45. The number of ether oxygens (including phenoxy) is 3. The minimum atomic E-state index is 0.345. The van der Waals surface area contributed by atoms with Crippen LogP contribution in [0.25, 0.3) is 0 Å². The Morgan fingerprint density at radius 1 is 0.826 bits per heavy atom. The van der Waals surface area contributed by atoms with Crippen LogP contribution in [0.3, 0.4) is 0 Å². The maximum atomic E-state index is 6.32. The highest BCUT2D eigenvalue weighted by atomic mass is 16.5. The van der Waals surface area contributed by atoms with Gasteiger partial charge in [-0.2, -0.15) is 0 Å². The van der Waals surface area contributed by atoms with Gasteiger partial charge in [-0.1, -0.05) is 0 Å². The highest BCUT2D eigenvalue weighted by Gasteiger charge is 2.43. The van der Waals surface area contributed by atoms with Crippen molar-refractivity contribution in [2.75, 3.05) is 26.2 Å². The van der Waals surface area contributed by atoms with Gasteiger partial charge in [0, 0.05) is 19.6 Å². The van der Waals surface area contributed by atoms with E-state index in [4.69, 9.17) is 14.2 Å². The number of rotatable bonds is 8. The molecule has 0 spiro atoms. The summed E-state index contributed by atoms with van der Waals surface area (Å²) >= 11 is 0. The smallest absolute Gasteiger partial charge is 0.0628 e. The van der Waals surface area contributed by atoms with Crippen LogP contribution in [-0.4, -0.2) is 61.7 Å². The molecule has 2 aliphatic carbocycles. The Morgan fingerprint density at radius 3 is 2.00 bits per heavy atom. The van der Waals surface area contributed by atoms with E-state index in [1.165, 1.54) is 25.9 Å². The van der Waals surface area contributed by atoms with Gasteiger partial charge in [0.05, 0.1) is 37.1 Å². The summed E-state index contributed by atoms with van der Waals surface area (Å²) in [5.41, 5.74) is 0. The normalized spacial score (nSPS) is 37.6. The molecule has 1 unspecified atom stereocenters. The Balaban J connectivity index is 1.30. The topological polar surface area (TPSA) is 30.9 Å². The average Bonchev–Trinajstić information content (AvgIpc) is 2.93. The van der Waals surface area contributed by atoms with Crippen LogP contribution in [-0.2, 0) is 14.2 Å². The third kappa shape index (κ3) is 4.91. The van der Waals surface area contributed by atoms with Crippen LogP contribution in [0, 0.1) is 11.8 Å². The maximum Gasteiger partial charge on any atom is 0.0628 e. The molecule has 0 N–H and O–H groups in total. The summed E-state index contributed by atoms with van der Waals surface area (Å²) < 4.78 is 17.8. The highest BCUT2D eigenvalue weighted by Crippen LogP contribution is 2.41. The predicted molar refractivity (Wildman–Crippen MR) is 91.6 cm³/mol. The SMILES string of the molecule is CC(C)OCCN1C[C@H]2CC(OC3CC(OC(C)C)C3)C[C@H]2C1. The molecule has 134 valence electrons. The molecule has 0 aromatic carbocycles. The zero-order valence-electron chi connectivity index (χ0n) is 15.4. The van der Waals surface area contributed by atoms with Gasteiger partial charge in [0.25, 0.3) is 0 Å². The second-order valence-electron chi connectivity index (χ2n) is 8.33. The first-order valence-electron chi connectivity index (χ1n) is 9.64. The van der Waals surface area contributed by atoms with Crippen LogP contribution in [0.15, 0.2) is 0 Å². The van der Waals surface area contributed by atoms with Crippen molar-refractivity contribution >= 4 is 0 Å². The van der Waals surface area contributed by atoms with Crippen molar-refractivity contribution < 1.29 is 14.2 Å². The van der Waals surface area contributed by atoms with Crippen LogP contribution in [0.5, 0.6) is 0 Å². The van der Waals surface area contributed by atoms with Crippen molar-refractivity contribution in [3.63, 3.8) is 0 Å². The molecule has 23 heavy (non-hydrogen) atoms. The second kappa shape index (κ2) is 7.81. The van der Waals surface area contributed by atoms with Crippen LogP contribution in [0.4, 0.5) is 0 Å². The fourth-order valence-electron chi connectivity index (χ4n) is 4.45. The first-order valence-corrected chi connectivity index (χ1v) is 9.64. The van der Waals surface area contributed by atoms with E-state index in [0.29, 0.717) is 30.5 Å². The quantitative estimate of drug-likeness (QED) is 0.686. The van der Waals surface area contributed by atoms with Crippen molar-refractivity contribution in [2.45, 2.75) is 83.9 Å². The van der Waals surface area contributed by atoms with Gasteiger partial charge in [-0.3, -0.25) is 0 Å². The molecule has 1 saturated heterocycles. The molecule has 3 fully saturated rings. The molecular weight excluding hydrogens is 290 g/mol. The summed E-state index contributed by atoms with van der Waals surface area (Å²) in [4.78, 5) is 2.59. The van der Waals surface area contributed by atoms with Crippen molar-refractivity contribution in [2.24, 2.45) is 11.8 Å². The lowest BCUT2D eigenvalue weighted by Gasteiger charge is -2.37. The third-order valence-corrected chi connectivity index (χ3v) is 5.54. The van der Waals surface area contributed by atoms with E-state index < -0.39 is 0 Å². The van der Waals surface area contributed by atoms with E-state index >= 15 is 0 Å². The molecule has 0 bridgehead atoms. The Kier molecular flexibility index (Phi) is 6.00. The van der Waals surface area contributed by atoms with Gasteiger partial charge < -0.3 is 19.1 Å². The maximum absolute atomic E-state index is 6.32. The fraction of sp³-hybridized carbons (Fsp3) is 1.00. The molecule has 3 atom stereocenters. The van der Waals surface area contributed by atoms with Crippen molar-refractivity contribution in [1.29, 1.82) is 0 Å². The number of fused-ring (bicyclic) bond motifs is 1. The van der Waals surface area contributed by atoms with E-state index in [0.717, 1.165) is 37.8 Å². The molecule has 3 aliphatic rings. The summed E-state index contributed by atoms with van der Waals surface area (Å²) in [6, 6.07) is 0. The van der Waals surface area contributed by atoms with Gasteiger partial charge >= 0.3 is 0 Å². The van der Waals surface area contributed by atoms with Gasteiger partial charge in [-0.25, -0.2) is 0 Å². The number of likely N-dealkylation sites (tertiary alicyclic amines) is 1. The van der Waals surface area contributed by atoms with Crippen LogP contribution in [0.2, 0.25) is 0 Å². The van der Waals surface area contributed by atoms with Gasteiger partial charge in [-0.15, -0.1) is 0 Å². The minimum absolute atomic E-state index is 0.345. The molecule has 0 aromatic heterocycles. The van der Waals surface area contributed by atoms with Crippen molar-refractivity contribution in [3.05, 3.63) is 0 Å². The summed E-state index contributed by atoms with van der Waals surface area (Å²) in [5.74, 6) is 1.70. The van der Waals surface area contributed by atoms with Crippen molar-refractivity contribution in [3.8, 4) is 0 Å². The molecule has 0 amide bonds. The lowest BCUT2D eigenvalue weighted by Crippen LogP contribution is -2.40. The zero-order valence-corrected chi connectivity index (χ0v) is 15.4. The summed E-state index contributed by atoms with van der Waals surface area (Å²) in [7, 11) is 0. The van der Waals surface area contributed by atoms with E-state index in [1.807, 2.05) is 0 Å². The van der Waals surface area contributed by atoms with E-state index in [9.17, 15) is 0 Å².